The summed E-state index contributed by atoms with van der Waals surface area (Å²) in [6.45, 7) is 0.0408. The number of carbonyl (C=O) groups excluding carboxylic acids is 1. The van der Waals surface area contributed by atoms with Crippen molar-refractivity contribution in [3.8, 4) is 0 Å². The Balaban J connectivity index is 2.44. The van der Waals surface area contributed by atoms with E-state index in [0.29, 0.717) is 5.57 Å². The lowest BCUT2D eigenvalue weighted by Crippen LogP contribution is -2.71. The number of rotatable bonds is 3. The summed E-state index contributed by atoms with van der Waals surface area (Å²) in [6.07, 6.45) is 0. The lowest BCUT2D eigenvalue weighted by Gasteiger charge is -2.47. The van der Waals surface area contributed by atoms with E-state index in [0.717, 1.165) is 4.90 Å². The molecule has 1 amide bonds. The van der Waals surface area contributed by atoms with Gasteiger partial charge in [-0.25, -0.2) is 4.79 Å². The molecule has 3 atom stereocenters. The van der Waals surface area contributed by atoms with Crippen molar-refractivity contribution in [2.24, 2.45) is 5.73 Å². The van der Waals surface area contributed by atoms with Crippen molar-refractivity contribution in [3.05, 3.63) is 11.3 Å². The number of nitrogens with zero attached hydrogens (tertiary/aromatic N) is 1. The van der Waals surface area contributed by atoms with Crippen LogP contribution in [0.5, 0.6) is 0 Å². The normalized spacial score (nSPS) is 32.2. The molecule has 0 saturated carbocycles. The van der Waals surface area contributed by atoms with Gasteiger partial charge in [0.1, 0.15) is 17.1 Å². The summed E-state index contributed by atoms with van der Waals surface area (Å²) in [5.74, 6) is -1.65. The molecule has 8 heteroatoms. The Hall–Kier alpha value is -1.25. The van der Waals surface area contributed by atoms with E-state index < -0.39 is 34.1 Å². The summed E-state index contributed by atoms with van der Waals surface area (Å²) >= 11 is 0. The fourth-order valence-corrected chi connectivity index (χ4v) is 3.66. The SMILES string of the molecule is COCC1=C(C(=O)O)N2C(=O)[C@@H](N)[C@H]2S(=O)C1. The number of nitrogens with two attached hydrogens (primary N) is 1. The average Bonchev–Trinajstić information content (AvgIpc) is 2.27. The predicted octanol–water partition coefficient (Wildman–Crippen LogP) is -1.77. The zero-order valence-corrected chi connectivity index (χ0v) is 9.90. The van der Waals surface area contributed by atoms with Gasteiger partial charge >= 0.3 is 5.97 Å². The molecule has 0 bridgehead atoms. The van der Waals surface area contributed by atoms with Crippen LogP contribution < -0.4 is 5.73 Å². The third-order valence-electron chi connectivity index (χ3n) is 2.77. The van der Waals surface area contributed by atoms with Crippen LogP contribution >= 0.6 is 0 Å². The monoisotopic (exact) mass is 260 g/mol. The van der Waals surface area contributed by atoms with E-state index >= 15 is 0 Å². The van der Waals surface area contributed by atoms with Crippen molar-refractivity contribution < 1.29 is 23.6 Å². The van der Waals surface area contributed by atoms with Gasteiger partial charge in [-0.2, -0.15) is 0 Å². The molecular formula is C9H12N2O5S. The van der Waals surface area contributed by atoms with E-state index in [1.807, 2.05) is 0 Å². The fraction of sp³-hybridized carbons (Fsp3) is 0.556. The first-order valence-electron chi connectivity index (χ1n) is 4.89. The van der Waals surface area contributed by atoms with Gasteiger partial charge in [-0.3, -0.25) is 13.9 Å². The lowest BCUT2D eigenvalue weighted by molar-refractivity contribution is -0.148. The Morgan fingerprint density at radius 1 is 1.71 bits per heavy atom. The van der Waals surface area contributed by atoms with Gasteiger partial charge < -0.3 is 15.6 Å². The molecule has 1 unspecified atom stereocenters. The van der Waals surface area contributed by atoms with Gasteiger partial charge in [0.25, 0.3) is 0 Å². The van der Waals surface area contributed by atoms with Crippen LogP contribution in [0.25, 0.3) is 0 Å². The van der Waals surface area contributed by atoms with Gasteiger partial charge in [-0.05, 0) is 5.57 Å². The molecule has 0 aliphatic carbocycles. The van der Waals surface area contributed by atoms with Crippen molar-refractivity contribution >= 4 is 22.7 Å². The summed E-state index contributed by atoms with van der Waals surface area (Å²) in [5, 5.41) is 8.39. The topological polar surface area (TPSA) is 110 Å². The summed E-state index contributed by atoms with van der Waals surface area (Å²) in [6, 6.07) is -0.866. The maximum absolute atomic E-state index is 11.8. The predicted molar refractivity (Wildman–Crippen MR) is 58.2 cm³/mol. The second-order valence-corrected chi connectivity index (χ2v) is 5.37. The maximum Gasteiger partial charge on any atom is 0.352 e. The van der Waals surface area contributed by atoms with Gasteiger partial charge in [0.05, 0.1) is 23.2 Å². The van der Waals surface area contributed by atoms with Crippen LogP contribution in [0.15, 0.2) is 11.3 Å². The van der Waals surface area contributed by atoms with Crippen molar-refractivity contribution in [2.75, 3.05) is 19.5 Å². The Morgan fingerprint density at radius 3 is 2.88 bits per heavy atom. The number of fused-ring (bicyclic) bond motifs is 1. The zero-order valence-electron chi connectivity index (χ0n) is 9.08. The van der Waals surface area contributed by atoms with Gasteiger partial charge in [0, 0.05) is 7.11 Å². The number of ether oxygens (including phenoxy) is 1. The molecule has 94 valence electrons. The minimum atomic E-state index is -1.37. The quantitative estimate of drug-likeness (QED) is 0.581. The van der Waals surface area contributed by atoms with Crippen LogP contribution in [0.1, 0.15) is 0 Å². The number of β-lactam (4-membered cyclic amide) rings is 1. The fourth-order valence-electron chi connectivity index (χ4n) is 2.04. The highest BCUT2D eigenvalue weighted by molar-refractivity contribution is 7.86. The molecular weight excluding hydrogens is 248 g/mol. The average molecular weight is 260 g/mol. The van der Waals surface area contributed by atoms with Crippen LogP contribution in [0.3, 0.4) is 0 Å². The first-order chi connectivity index (χ1) is 7.99. The summed E-state index contributed by atoms with van der Waals surface area (Å²) in [4.78, 5) is 23.7. The Kier molecular flexibility index (Phi) is 3.02. The number of aliphatic carboxylic acids is 1. The number of carboxylic acid groups (broad SMARTS) is 1. The highest BCUT2D eigenvalue weighted by atomic mass is 32.2. The number of hydrogen-bond acceptors (Lipinski definition) is 5. The van der Waals surface area contributed by atoms with Crippen LogP contribution in [0.4, 0.5) is 0 Å². The smallest absolute Gasteiger partial charge is 0.352 e. The summed E-state index contributed by atoms with van der Waals surface area (Å²) in [7, 11) is 0.0389. The summed E-state index contributed by atoms with van der Waals surface area (Å²) in [5.41, 5.74) is 5.74. The number of amides is 1. The molecule has 17 heavy (non-hydrogen) atoms. The molecule has 1 saturated heterocycles. The van der Waals surface area contributed by atoms with E-state index in [1.54, 1.807) is 0 Å². The first kappa shape index (κ1) is 12.2. The highest BCUT2D eigenvalue weighted by Crippen LogP contribution is 2.33. The maximum atomic E-state index is 11.8. The molecule has 0 aromatic rings. The summed E-state index contributed by atoms with van der Waals surface area (Å²) < 4.78 is 16.7. The third kappa shape index (κ3) is 1.68. The number of methoxy groups -OCH3 is 1. The molecule has 2 rings (SSSR count). The Labute approximate surface area is 99.7 Å². The minimum absolute atomic E-state index is 0.0408. The Bertz CT molecular complexity index is 447. The Morgan fingerprint density at radius 2 is 2.35 bits per heavy atom. The molecule has 7 nitrogen and oxygen atoms in total. The van der Waals surface area contributed by atoms with Gasteiger partial charge in [-0.1, -0.05) is 0 Å². The number of carboxylic acids is 1. The largest absolute Gasteiger partial charge is 0.477 e. The second-order valence-electron chi connectivity index (χ2n) is 3.84. The first-order valence-corrected chi connectivity index (χ1v) is 6.27. The van der Waals surface area contributed by atoms with E-state index in [2.05, 4.69) is 0 Å². The molecule has 0 aromatic heterocycles. The van der Waals surface area contributed by atoms with Crippen molar-refractivity contribution in [3.63, 3.8) is 0 Å². The molecule has 2 heterocycles. The second kappa shape index (κ2) is 4.21. The van der Waals surface area contributed by atoms with E-state index in [4.69, 9.17) is 15.6 Å². The minimum Gasteiger partial charge on any atom is -0.477 e. The molecule has 2 aliphatic heterocycles. The lowest BCUT2D eigenvalue weighted by atomic mass is 10.0. The van der Waals surface area contributed by atoms with E-state index in [1.165, 1.54) is 7.11 Å². The molecule has 3 N–H and O–H groups in total. The van der Waals surface area contributed by atoms with Crippen LogP contribution in [0.2, 0.25) is 0 Å². The number of hydrogen-bond donors (Lipinski definition) is 2. The molecule has 0 aromatic carbocycles. The van der Waals surface area contributed by atoms with Crippen LogP contribution in [-0.2, 0) is 25.1 Å². The third-order valence-corrected chi connectivity index (χ3v) is 4.44. The van der Waals surface area contributed by atoms with Crippen LogP contribution in [-0.4, -0.2) is 57.0 Å². The van der Waals surface area contributed by atoms with E-state index in [9.17, 15) is 13.8 Å². The molecule has 2 aliphatic rings. The van der Waals surface area contributed by atoms with Crippen molar-refractivity contribution in [1.82, 2.24) is 4.90 Å². The van der Waals surface area contributed by atoms with Crippen LogP contribution in [0, 0.1) is 0 Å². The van der Waals surface area contributed by atoms with Crippen molar-refractivity contribution in [1.29, 1.82) is 0 Å². The van der Waals surface area contributed by atoms with Crippen molar-refractivity contribution in [2.45, 2.75) is 11.4 Å². The van der Waals surface area contributed by atoms with Gasteiger partial charge in [0.2, 0.25) is 5.91 Å². The van der Waals surface area contributed by atoms with Gasteiger partial charge in [-0.15, -0.1) is 0 Å². The van der Waals surface area contributed by atoms with E-state index in [-0.39, 0.29) is 18.1 Å². The number of carbonyl (C=O) groups is 2. The highest BCUT2D eigenvalue weighted by Gasteiger charge is 2.54. The zero-order chi connectivity index (χ0) is 12.7. The molecule has 0 spiro atoms. The molecule has 1 fully saturated rings. The molecule has 0 radical (unpaired) electrons. The standard InChI is InChI=1S/C9H12N2O5S/c1-16-2-4-3-17(15)8-5(10)7(12)11(8)6(4)9(13)14/h5,8H,2-3,10H2,1H3,(H,13,14)/t5-,8-,17?/m1/s1. The van der Waals surface area contributed by atoms with Gasteiger partial charge in [0.15, 0.2) is 0 Å².